The van der Waals surface area contributed by atoms with Crippen LogP contribution in [0, 0.1) is 5.92 Å². The van der Waals surface area contributed by atoms with Gasteiger partial charge in [0.05, 0.1) is 24.2 Å². The number of nitrogens with one attached hydrogen (secondary N) is 2. The number of amides is 1. The maximum atomic E-state index is 12.1. The van der Waals surface area contributed by atoms with Crippen molar-refractivity contribution in [1.82, 2.24) is 19.8 Å². The smallest absolute Gasteiger partial charge is 0.328 e. The zero-order chi connectivity index (χ0) is 38.8. The average molecular weight is 734 g/mol. The summed E-state index contributed by atoms with van der Waals surface area (Å²) in [5, 5.41) is 3.60. The Morgan fingerprint density at radius 2 is 1.68 bits per heavy atom. The molecular formula is C43H67N5O5. The summed E-state index contributed by atoms with van der Waals surface area (Å²) in [5.41, 5.74) is 7.23. The van der Waals surface area contributed by atoms with E-state index in [4.69, 9.17) is 5.73 Å². The molecule has 3 fully saturated rings. The summed E-state index contributed by atoms with van der Waals surface area (Å²) >= 11 is 0. The number of ether oxygens (including phenoxy) is 1. The maximum Gasteiger partial charge on any atom is 0.328 e. The molecule has 1 aromatic rings. The lowest BCUT2D eigenvalue weighted by molar-refractivity contribution is -0.150. The molecule has 1 aliphatic heterocycles. The molecule has 0 bridgehead atoms. The van der Waals surface area contributed by atoms with E-state index < -0.39 is 6.04 Å². The van der Waals surface area contributed by atoms with Crippen LogP contribution in [0.2, 0.25) is 0 Å². The number of hydrogen-bond acceptors (Lipinski definition) is 7. The number of aromatic nitrogens is 2. The van der Waals surface area contributed by atoms with Gasteiger partial charge in [-0.15, -0.1) is 0 Å². The van der Waals surface area contributed by atoms with Crippen molar-refractivity contribution in [3.8, 4) is 0 Å². The second kappa shape index (κ2) is 26.7. The van der Waals surface area contributed by atoms with Crippen LogP contribution in [0.1, 0.15) is 117 Å². The Labute approximate surface area is 317 Å². The zero-order valence-electron chi connectivity index (χ0n) is 33.0. The van der Waals surface area contributed by atoms with Gasteiger partial charge in [0.2, 0.25) is 5.91 Å². The number of carbonyl (C=O) groups is 2. The van der Waals surface area contributed by atoms with Crippen LogP contribution in [0.4, 0.5) is 0 Å². The Bertz CT molecular complexity index is 1630. The topological polar surface area (TPSA) is 140 Å². The average Bonchev–Trinajstić information content (AvgIpc) is 3.99. The molecule has 53 heavy (non-hydrogen) atoms. The molecule has 4 N–H and O–H groups in total. The number of esters is 1. The van der Waals surface area contributed by atoms with Crippen molar-refractivity contribution in [2.75, 3.05) is 26.9 Å². The van der Waals surface area contributed by atoms with E-state index in [0.29, 0.717) is 36.5 Å². The highest BCUT2D eigenvalue weighted by molar-refractivity contribution is 5.86. The zero-order valence-corrected chi connectivity index (χ0v) is 33.0. The second-order valence-electron chi connectivity index (χ2n) is 13.9. The summed E-state index contributed by atoms with van der Waals surface area (Å²) in [6.07, 6.45) is 37.5. The van der Waals surface area contributed by atoms with E-state index in [1.807, 2.05) is 0 Å². The van der Waals surface area contributed by atoms with Gasteiger partial charge < -0.3 is 20.4 Å². The molecule has 10 nitrogen and oxygen atoms in total. The molecule has 1 saturated heterocycles. The summed E-state index contributed by atoms with van der Waals surface area (Å²) in [4.78, 5) is 51.2. The lowest BCUT2D eigenvalue weighted by Crippen LogP contribution is -2.52. The van der Waals surface area contributed by atoms with Gasteiger partial charge in [0.1, 0.15) is 6.04 Å². The number of methoxy groups -OCH3 is 1. The van der Waals surface area contributed by atoms with Crippen LogP contribution in [-0.4, -0.2) is 59.2 Å². The number of nitrogens with two attached hydrogens (primary N) is 1. The number of likely N-dealkylation sites (tertiary alicyclic amines) is 1. The molecule has 2 heterocycles. The molecule has 10 heteroatoms. The van der Waals surface area contributed by atoms with Crippen LogP contribution in [-0.2, 0) is 20.9 Å². The highest BCUT2D eigenvalue weighted by atomic mass is 16.5. The molecular weight excluding hydrogens is 667 g/mol. The molecule has 5 rings (SSSR count). The maximum absolute atomic E-state index is 12.1. The minimum absolute atomic E-state index is 0.103. The van der Waals surface area contributed by atoms with Crippen LogP contribution in [0.3, 0.4) is 0 Å². The van der Waals surface area contributed by atoms with Crippen molar-refractivity contribution in [2.24, 2.45) is 11.7 Å². The van der Waals surface area contributed by atoms with Crippen molar-refractivity contribution < 1.29 is 14.3 Å². The first kappa shape index (κ1) is 45.1. The van der Waals surface area contributed by atoms with Gasteiger partial charge in [-0.3, -0.25) is 19.5 Å². The number of allylic oxidation sites excluding steroid dienone is 10. The van der Waals surface area contributed by atoms with Crippen LogP contribution in [0.25, 0.3) is 12.7 Å². The SMILES string of the molecule is C/C=C(\C)C1=CC=CCC=C1.C1CCCC1.C=c1c(=O)n(CC/C=C/CCC2CCCC2)c(=O)[nH]/c1=C/C.COC(=O)C1CCCN1C(=O)CNCN. The number of nitrogens with zero attached hydrogens (tertiary/aromatic N) is 2. The number of H-pyrrole nitrogens is 1. The van der Waals surface area contributed by atoms with Gasteiger partial charge >= 0.3 is 11.7 Å². The number of hydrogen-bond donors (Lipinski definition) is 3. The van der Waals surface area contributed by atoms with E-state index in [2.05, 4.69) is 84.1 Å². The first-order valence-corrected chi connectivity index (χ1v) is 19.8. The van der Waals surface area contributed by atoms with Crippen LogP contribution >= 0.6 is 0 Å². The summed E-state index contributed by atoms with van der Waals surface area (Å²) < 4.78 is 5.87. The van der Waals surface area contributed by atoms with Gasteiger partial charge in [-0.25, -0.2) is 9.59 Å². The molecule has 4 aliphatic rings. The number of carbonyl (C=O) groups excluding carboxylic acids is 2. The molecule has 0 spiro atoms. The van der Waals surface area contributed by atoms with Gasteiger partial charge in [-0.05, 0) is 76.4 Å². The van der Waals surface area contributed by atoms with E-state index in [1.54, 1.807) is 17.9 Å². The third kappa shape index (κ3) is 16.7. The number of aromatic amines is 1. The van der Waals surface area contributed by atoms with Crippen LogP contribution < -0.4 is 32.9 Å². The Balaban J connectivity index is 0.000000270. The van der Waals surface area contributed by atoms with E-state index in [1.165, 1.54) is 87.0 Å². The summed E-state index contributed by atoms with van der Waals surface area (Å²) in [6, 6.07) is -0.415. The highest BCUT2D eigenvalue weighted by Gasteiger charge is 2.34. The van der Waals surface area contributed by atoms with Crippen molar-refractivity contribution in [2.45, 2.75) is 130 Å². The molecule has 0 aromatic carbocycles. The van der Waals surface area contributed by atoms with Gasteiger partial charge in [0.25, 0.3) is 5.56 Å². The fraction of sp³-hybridized carbons (Fsp3) is 0.581. The van der Waals surface area contributed by atoms with E-state index in [9.17, 15) is 19.2 Å². The van der Waals surface area contributed by atoms with Gasteiger partial charge in [-0.2, -0.15) is 0 Å². The first-order chi connectivity index (χ1) is 25.7. The molecule has 2 saturated carbocycles. The first-order valence-electron chi connectivity index (χ1n) is 19.8. The molecule has 0 radical (unpaired) electrons. The van der Waals surface area contributed by atoms with E-state index in [-0.39, 0.29) is 36.3 Å². The quantitative estimate of drug-likeness (QED) is 0.151. The third-order valence-corrected chi connectivity index (χ3v) is 10.1. The summed E-state index contributed by atoms with van der Waals surface area (Å²) in [6.45, 7) is 11.2. The molecule has 1 aromatic heterocycles. The minimum atomic E-state index is -0.415. The largest absolute Gasteiger partial charge is 0.467 e. The van der Waals surface area contributed by atoms with Gasteiger partial charge in [0.15, 0.2) is 0 Å². The van der Waals surface area contributed by atoms with Crippen molar-refractivity contribution in [3.05, 3.63) is 91.2 Å². The van der Waals surface area contributed by atoms with Crippen molar-refractivity contribution >= 4 is 24.5 Å². The molecule has 1 atom stereocenters. The second-order valence-corrected chi connectivity index (χ2v) is 13.9. The monoisotopic (exact) mass is 734 g/mol. The Kier molecular flexibility index (Phi) is 22.7. The highest BCUT2D eigenvalue weighted by Crippen LogP contribution is 2.28. The van der Waals surface area contributed by atoms with E-state index >= 15 is 0 Å². The van der Waals surface area contributed by atoms with Gasteiger partial charge in [0, 0.05) is 19.8 Å². The lowest BCUT2D eigenvalue weighted by atomic mass is 10.0. The Morgan fingerprint density at radius 1 is 1.00 bits per heavy atom. The fourth-order valence-electron chi connectivity index (χ4n) is 6.77. The molecule has 3 aliphatic carbocycles. The van der Waals surface area contributed by atoms with Gasteiger partial charge in [-0.1, -0.05) is 119 Å². The van der Waals surface area contributed by atoms with Crippen LogP contribution in [0.15, 0.2) is 69.3 Å². The minimum Gasteiger partial charge on any atom is -0.467 e. The molecule has 294 valence electrons. The third-order valence-electron chi connectivity index (χ3n) is 10.1. The van der Waals surface area contributed by atoms with E-state index in [0.717, 1.165) is 25.2 Å². The lowest BCUT2D eigenvalue weighted by Gasteiger charge is -2.22. The molecule has 1 amide bonds. The fourth-order valence-corrected chi connectivity index (χ4v) is 6.77. The number of rotatable bonds is 11. The Hall–Kier alpha value is -4.02. The van der Waals surface area contributed by atoms with Crippen molar-refractivity contribution in [1.29, 1.82) is 0 Å². The molecule has 1 unspecified atom stereocenters. The summed E-state index contributed by atoms with van der Waals surface area (Å²) in [7, 11) is 1.33. The normalized spacial score (nSPS) is 18.8. The Morgan fingerprint density at radius 3 is 2.30 bits per heavy atom. The van der Waals surface area contributed by atoms with Crippen molar-refractivity contribution in [3.63, 3.8) is 0 Å². The predicted molar refractivity (Wildman–Crippen MR) is 218 cm³/mol. The summed E-state index contributed by atoms with van der Waals surface area (Å²) in [5.74, 6) is 0.462. The predicted octanol–water partition coefficient (Wildman–Crippen LogP) is 5.67. The van der Waals surface area contributed by atoms with Crippen LogP contribution in [0.5, 0.6) is 0 Å². The standard InChI is InChI=1S/C18H26N2O2.C11H14.C9H17N3O3.C5H10/c1-3-16-14(2)17(21)20(18(22)19-16)13-9-5-4-6-10-15-11-7-8-12-15;1-3-10(2)11-8-6-4-5-7-9-11;1-15-9(14)7-3-2-4-12(7)8(13)5-11-6-10;1-2-4-5-3-1/h3-5,15H,2,6-13H2,1H3,(H,19,22);3-4,6-9H,5H2,1-2H3;7,11H,2-6,10H2,1H3;1-5H2/b5-4+,16-3+;10-3+;;.